The highest BCUT2D eigenvalue weighted by Gasteiger charge is 2.44. The summed E-state index contributed by atoms with van der Waals surface area (Å²) in [5.74, 6) is 1.13. The fraction of sp³-hybridized carbons (Fsp3) is 0.450. The summed E-state index contributed by atoms with van der Waals surface area (Å²) in [4.78, 5) is 15.6. The van der Waals surface area contributed by atoms with Crippen molar-refractivity contribution in [1.82, 2.24) is 4.90 Å². The molecule has 132 valence electrons. The Bertz CT molecular complexity index is 693. The van der Waals surface area contributed by atoms with Crippen molar-refractivity contribution in [3.63, 3.8) is 0 Å². The zero-order chi connectivity index (χ0) is 17.1. The van der Waals surface area contributed by atoms with E-state index in [9.17, 15) is 4.79 Å². The maximum atomic E-state index is 12.4. The molecule has 0 radical (unpaired) electrons. The molecule has 4 nitrogen and oxygen atoms in total. The zero-order valence-corrected chi connectivity index (χ0v) is 15.0. The van der Waals surface area contributed by atoms with E-state index in [0.717, 1.165) is 43.0 Å². The number of likely N-dealkylation sites (tertiary alicyclic amines) is 1. The molecular weight excluding hydrogens is 334 g/mol. The highest BCUT2D eigenvalue weighted by Crippen LogP contribution is 2.37. The Labute approximate surface area is 152 Å². The first-order valence-corrected chi connectivity index (χ1v) is 9.76. The Kier molecular flexibility index (Phi) is 4.77. The van der Waals surface area contributed by atoms with E-state index >= 15 is 0 Å². The monoisotopic (exact) mass is 357 g/mol. The molecule has 0 saturated carbocycles. The van der Waals surface area contributed by atoms with Crippen LogP contribution in [0.3, 0.4) is 0 Å². The average molecular weight is 357 g/mol. The number of amides is 1. The van der Waals surface area contributed by atoms with E-state index in [-0.39, 0.29) is 17.6 Å². The summed E-state index contributed by atoms with van der Waals surface area (Å²) in [7, 11) is 0. The van der Waals surface area contributed by atoms with Crippen LogP contribution < -0.4 is 4.74 Å². The van der Waals surface area contributed by atoms with E-state index in [1.165, 1.54) is 0 Å². The Morgan fingerprint density at radius 2 is 2.00 bits per heavy atom. The molecule has 2 aromatic rings. The number of nitrogens with zero attached hydrogens (tertiary/aromatic N) is 1. The highest BCUT2D eigenvalue weighted by molar-refractivity contribution is 7.10. The SMILES string of the molecule is O=C(Cc1cccs1)N1CCC2(CC1)C[C@@H](Oc1ccccc1)CO2. The molecule has 1 aromatic heterocycles. The standard InChI is InChI=1S/C20H23NO3S/c22-19(13-18-7-4-12-25-18)21-10-8-20(9-11-21)14-17(15-23-20)24-16-5-2-1-3-6-16/h1-7,12,17H,8-11,13-15H2/t17-/m1/s1. The summed E-state index contributed by atoms with van der Waals surface area (Å²) in [5.41, 5.74) is -0.112. The number of rotatable bonds is 4. The van der Waals surface area contributed by atoms with Crippen molar-refractivity contribution in [1.29, 1.82) is 0 Å². The van der Waals surface area contributed by atoms with Gasteiger partial charge in [0.2, 0.25) is 5.91 Å². The minimum absolute atomic E-state index is 0.107. The second kappa shape index (κ2) is 7.18. The van der Waals surface area contributed by atoms with Crippen molar-refractivity contribution >= 4 is 17.2 Å². The largest absolute Gasteiger partial charge is 0.488 e. The van der Waals surface area contributed by atoms with Crippen molar-refractivity contribution in [2.24, 2.45) is 0 Å². The Balaban J connectivity index is 1.29. The van der Waals surface area contributed by atoms with Gasteiger partial charge in [0.05, 0.1) is 18.6 Å². The van der Waals surface area contributed by atoms with E-state index in [0.29, 0.717) is 13.0 Å². The van der Waals surface area contributed by atoms with Crippen molar-refractivity contribution in [3.05, 3.63) is 52.7 Å². The van der Waals surface area contributed by atoms with Gasteiger partial charge in [-0.2, -0.15) is 0 Å². The summed E-state index contributed by atoms with van der Waals surface area (Å²) >= 11 is 1.65. The first kappa shape index (κ1) is 16.6. The third kappa shape index (κ3) is 3.88. The molecule has 0 bridgehead atoms. The van der Waals surface area contributed by atoms with Crippen LogP contribution in [-0.4, -0.2) is 42.2 Å². The van der Waals surface area contributed by atoms with E-state index < -0.39 is 0 Å². The quantitative estimate of drug-likeness (QED) is 0.840. The van der Waals surface area contributed by atoms with Crippen LogP contribution in [-0.2, 0) is 16.0 Å². The van der Waals surface area contributed by atoms with Gasteiger partial charge in [0, 0.05) is 24.4 Å². The van der Waals surface area contributed by atoms with E-state index in [1.807, 2.05) is 52.7 Å². The molecule has 1 amide bonds. The van der Waals surface area contributed by atoms with E-state index in [1.54, 1.807) is 11.3 Å². The van der Waals surface area contributed by atoms with Crippen LogP contribution >= 0.6 is 11.3 Å². The van der Waals surface area contributed by atoms with Crippen LogP contribution in [0.4, 0.5) is 0 Å². The molecular formula is C20H23NO3S. The summed E-state index contributed by atoms with van der Waals surface area (Å²) in [6.07, 6.45) is 3.34. The van der Waals surface area contributed by atoms with Crippen LogP contribution in [0.15, 0.2) is 47.8 Å². The number of carbonyl (C=O) groups excluding carboxylic acids is 1. The summed E-state index contributed by atoms with van der Waals surface area (Å²) in [5, 5.41) is 2.02. The first-order chi connectivity index (χ1) is 12.2. The van der Waals surface area contributed by atoms with E-state index in [4.69, 9.17) is 9.47 Å². The third-order valence-corrected chi connectivity index (χ3v) is 6.03. The molecule has 1 spiro atoms. The van der Waals surface area contributed by atoms with Gasteiger partial charge in [0.25, 0.3) is 0 Å². The number of thiophene rings is 1. The molecule has 0 unspecified atom stereocenters. The minimum atomic E-state index is -0.112. The number of hydrogen-bond donors (Lipinski definition) is 0. The van der Waals surface area contributed by atoms with Gasteiger partial charge in [-0.1, -0.05) is 24.3 Å². The van der Waals surface area contributed by atoms with Gasteiger partial charge in [-0.15, -0.1) is 11.3 Å². The van der Waals surface area contributed by atoms with Crippen LogP contribution in [0, 0.1) is 0 Å². The van der Waals surface area contributed by atoms with Gasteiger partial charge >= 0.3 is 0 Å². The highest BCUT2D eigenvalue weighted by atomic mass is 32.1. The minimum Gasteiger partial charge on any atom is -0.488 e. The number of carbonyl (C=O) groups is 1. The predicted octanol–water partition coefficient (Wildman–Crippen LogP) is 3.52. The molecule has 3 heterocycles. The molecule has 0 aliphatic carbocycles. The van der Waals surface area contributed by atoms with Gasteiger partial charge in [-0.25, -0.2) is 0 Å². The van der Waals surface area contributed by atoms with Crippen molar-refractivity contribution in [2.45, 2.75) is 37.4 Å². The normalized spacial score (nSPS) is 22.2. The average Bonchev–Trinajstić information content (AvgIpc) is 3.27. The zero-order valence-electron chi connectivity index (χ0n) is 14.2. The Morgan fingerprint density at radius 3 is 2.72 bits per heavy atom. The summed E-state index contributed by atoms with van der Waals surface area (Å²) in [6.45, 7) is 2.20. The maximum Gasteiger partial charge on any atom is 0.227 e. The van der Waals surface area contributed by atoms with Crippen LogP contribution in [0.25, 0.3) is 0 Å². The lowest BCUT2D eigenvalue weighted by atomic mass is 9.88. The number of hydrogen-bond acceptors (Lipinski definition) is 4. The molecule has 2 fully saturated rings. The lowest BCUT2D eigenvalue weighted by Gasteiger charge is -2.38. The fourth-order valence-electron chi connectivity index (χ4n) is 3.76. The maximum absolute atomic E-state index is 12.4. The Hall–Kier alpha value is -1.85. The lowest BCUT2D eigenvalue weighted by Crippen LogP contribution is -2.47. The second-order valence-electron chi connectivity index (χ2n) is 6.89. The van der Waals surface area contributed by atoms with Gasteiger partial charge in [-0.3, -0.25) is 4.79 Å². The topological polar surface area (TPSA) is 38.8 Å². The van der Waals surface area contributed by atoms with Crippen LogP contribution in [0.1, 0.15) is 24.1 Å². The number of benzene rings is 1. The van der Waals surface area contributed by atoms with Gasteiger partial charge in [0.15, 0.2) is 0 Å². The van der Waals surface area contributed by atoms with Gasteiger partial charge in [-0.05, 0) is 36.4 Å². The van der Waals surface area contributed by atoms with Crippen molar-refractivity contribution < 1.29 is 14.3 Å². The molecule has 2 aliphatic rings. The smallest absolute Gasteiger partial charge is 0.227 e. The number of piperidine rings is 1. The molecule has 2 aliphatic heterocycles. The second-order valence-corrected chi connectivity index (χ2v) is 7.92. The number of ether oxygens (including phenoxy) is 2. The molecule has 2 saturated heterocycles. The number of para-hydroxylation sites is 1. The first-order valence-electron chi connectivity index (χ1n) is 8.88. The van der Waals surface area contributed by atoms with Gasteiger partial charge < -0.3 is 14.4 Å². The Morgan fingerprint density at radius 1 is 1.20 bits per heavy atom. The van der Waals surface area contributed by atoms with Crippen molar-refractivity contribution in [3.8, 4) is 5.75 Å². The summed E-state index contributed by atoms with van der Waals surface area (Å²) in [6, 6.07) is 13.9. The molecule has 25 heavy (non-hydrogen) atoms. The van der Waals surface area contributed by atoms with Crippen LogP contribution in [0.2, 0.25) is 0 Å². The predicted molar refractivity (Wildman–Crippen MR) is 98.0 cm³/mol. The lowest BCUT2D eigenvalue weighted by molar-refractivity contribution is -0.135. The van der Waals surface area contributed by atoms with E-state index in [2.05, 4.69) is 0 Å². The van der Waals surface area contributed by atoms with Crippen LogP contribution in [0.5, 0.6) is 5.75 Å². The molecule has 5 heteroatoms. The summed E-state index contributed by atoms with van der Waals surface area (Å²) < 4.78 is 12.2. The molecule has 1 atom stereocenters. The molecule has 0 N–H and O–H groups in total. The third-order valence-electron chi connectivity index (χ3n) is 5.15. The molecule has 4 rings (SSSR count). The van der Waals surface area contributed by atoms with Gasteiger partial charge in [0.1, 0.15) is 11.9 Å². The fourth-order valence-corrected chi connectivity index (χ4v) is 4.45. The molecule has 1 aromatic carbocycles. The van der Waals surface area contributed by atoms with Crippen molar-refractivity contribution in [2.75, 3.05) is 19.7 Å².